The molecule has 1 heterocycles. The SMILES string of the molecule is Cc1ccc(CN2C(=O)[C@](O)(CC(=O)c3ccc(-c4ccccc4)cc3)c3ccccc32)cc1. The Labute approximate surface area is 199 Å². The molecule has 1 atom stereocenters. The zero-order valence-corrected chi connectivity index (χ0v) is 18.9. The minimum absolute atomic E-state index is 0.276. The van der Waals surface area contributed by atoms with Crippen molar-refractivity contribution in [2.75, 3.05) is 4.90 Å². The van der Waals surface area contributed by atoms with Gasteiger partial charge in [-0.05, 0) is 29.7 Å². The molecule has 1 N–H and O–H groups in total. The Morgan fingerprint density at radius 1 is 0.794 bits per heavy atom. The second kappa shape index (κ2) is 8.73. The number of para-hydroxylation sites is 1. The first-order valence-electron chi connectivity index (χ1n) is 11.3. The normalized spacial score (nSPS) is 17.0. The molecule has 4 heteroatoms. The van der Waals surface area contributed by atoms with Gasteiger partial charge in [0.1, 0.15) is 0 Å². The fraction of sp³-hybridized carbons (Fsp3) is 0.133. The van der Waals surface area contributed by atoms with Crippen LogP contribution < -0.4 is 4.90 Å². The number of carbonyl (C=O) groups is 2. The van der Waals surface area contributed by atoms with Crippen molar-refractivity contribution in [1.29, 1.82) is 0 Å². The van der Waals surface area contributed by atoms with Crippen molar-refractivity contribution in [3.63, 3.8) is 0 Å². The lowest BCUT2D eigenvalue weighted by Gasteiger charge is -2.23. The lowest BCUT2D eigenvalue weighted by atomic mass is 9.88. The molecule has 0 fully saturated rings. The van der Waals surface area contributed by atoms with E-state index in [0.29, 0.717) is 23.4 Å². The van der Waals surface area contributed by atoms with Gasteiger partial charge in [-0.1, -0.05) is 103 Å². The van der Waals surface area contributed by atoms with Gasteiger partial charge in [0.25, 0.3) is 5.91 Å². The predicted octanol–water partition coefficient (Wildman–Crippen LogP) is 5.67. The van der Waals surface area contributed by atoms with Crippen LogP contribution in [0.15, 0.2) is 103 Å². The van der Waals surface area contributed by atoms with E-state index < -0.39 is 11.5 Å². The molecule has 0 spiro atoms. The maximum Gasteiger partial charge on any atom is 0.264 e. The lowest BCUT2D eigenvalue weighted by Crippen LogP contribution is -2.41. The smallest absolute Gasteiger partial charge is 0.264 e. The molecule has 168 valence electrons. The molecule has 1 aliphatic rings. The molecule has 0 radical (unpaired) electrons. The maximum absolute atomic E-state index is 13.5. The van der Waals surface area contributed by atoms with E-state index in [2.05, 4.69) is 0 Å². The molecular formula is C30H25NO3. The van der Waals surface area contributed by atoms with E-state index in [9.17, 15) is 14.7 Å². The Hall–Kier alpha value is -4.02. The van der Waals surface area contributed by atoms with Gasteiger partial charge >= 0.3 is 0 Å². The van der Waals surface area contributed by atoms with E-state index in [-0.39, 0.29) is 12.2 Å². The van der Waals surface area contributed by atoms with Crippen LogP contribution in [0.4, 0.5) is 5.69 Å². The number of Topliss-reactive ketones (excluding diaryl/α,β-unsaturated/α-hetero) is 1. The number of hydrogen-bond donors (Lipinski definition) is 1. The first-order chi connectivity index (χ1) is 16.5. The highest BCUT2D eigenvalue weighted by Crippen LogP contribution is 2.43. The third-order valence-corrected chi connectivity index (χ3v) is 6.43. The summed E-state index contributed by atoms with van der Waals surface area (Å²) in [6.45, 7) is 2.34. The summed E-state index contributed by atoms with van der Waals surface area (Å²) in [4.78, 5) is 28.2. The number of amides is 1. The van der Waals surface area contributed by atoms with E-state index in [1.165, 1.54) is 0 Å². The summed E-state index contributed by atoms with van der Waals surface area (Å²) in [5, 5.41) is 11.6. The van der Waals surface area contributed by atoms with Gasteiger partial charge in [0, 0.05) is 11.1 Å². The number of ketones is 1. The van der Waals surface area contributed by atoms with Crippen molar-refractivity contribution in [3.05, 3.63) is 125 Å². The molecular weight excluding hydrogens is 422 g/mol. The summed E-state index contributed by atoms with van der Waals surface area (Å²) in [6, 6.07) is 32.3. The van der Waals surface area contributed by atoms with Crippen molar-refractivity contribution in [1.82, 2.24) is 0 Å². The summed E-state index contributed by atoms with van der Waals surface area (Å²) in [5.41, 5.74) is 3.85. The predicted molar refractivity (Wildman–Crippen MR) is 134 cm³/mol. The molecule has 34 heavy (non-hydrogen) atoms. The van der Waals surface area contributed by atoms with Crippen molar-refractivity contribution >= 4 is 17.4 Å². The highest BCUT2D eigenvalue weighted by molar-refractivity contribution is 6.10. The Morgan fingerprint density at radius 2 is 1.41 bits per heavy atom. The van der Waals surface area contributed by atoms with Gasteiger partial charge in [-0.25, -0.2) is 0 Å². The number of benzene rings is 4. The molecule has 4 aromatic carbocycles. The molecule has 5 rings (SSSR count). The number of hydrogen-bond acceptors (Lipinski definition) is 3. The highest BCUT2D eigenvalue weighted by Gasteiger charge is 2.50. The van der Waals surface area contributed by atoms with Crippen LogP contribution in [0.25, 0.3) is 11.1 Å². The van der Waals surface area contributed by atoms with Gasteiger partial charge in [-0.15, -0.1) is 0 Å². The third-order valence-electron chi connectivity index (χ3n) is 6.43. The number of aryl methyl sites for hydroxylation is 1. The van der Waals surface area contributed by atoms with E-state index in [1.54, 1.807) is 29.2 Å². The number of rotatable bonds is 6. The third kappa shape index (κ3) is 3.93. The van der Waals surface area contributed by atoms with Crippen molar-refractivity contribution in [2.45, 2.75) is 25.5 Å². The minimum atomic E-state index is -1.89. The Balaban J connectivity index is 1.41. The first-order valence-corrected chi connectivity index (χ1v) is 11.3. The summed E-state index contributed by atoms with van der Waals surface area (Å²) < 4.78 is 0. The fourth-order valence-electron chi connectivity index (χ4n) is 4.52. The molecule has 0 saturated carbocycles. The first kappa shape index (κ1) is 21.8. The Morgan fingerprint density at radius 3 is 2.12 bits per heavy atom. The van der Waals surface area contributed by atoms with E-state index in [4.69, 9.17) is 0 Å². The van der Waals surface area contributed by atoms with Crippen LogP contribution in [0.1, 0.15) is 33.5 Å². The lowest BCUT2D eigenvalue weighted by molar-refractivity contribution is -0.136. The topological polar surface area (TPSA) is 57.6 Å². The van der Waals surface area contributed by atoms with E-state index >= 15 is 0 Å². The minimum Gasteiger partial charge on any atom is -0.375 e. The van der Waals surface area contributed by atoms with Crippen LogP contribution in [-0.2, 0) is 16.9 Å². The van der Waals surface area contributed by atoms with Gasteiger partial charge in [-0.3, -0.25) is 9.59 Å². The van der Waals surface area contributed by atoms with Crippen molar-refractivity contribution in [3.8, 4) is 11.1 Å². The molecule has 4 aromatic rings. The quantitative estimate of drug-likeness (QED) is 0.388. The van der Waals surface area contributed by atoms with Crippen LogP contribution >= 0.6 is 0 Å². The van der Waals surface area contributed by atoms with Gasteiger partial charge < -0.3 is 10.0 Å². The monoisotopic (exact) mass is 447 g/mol. The van der Waals surface area contributed by atoms with Crippen LogP contribution in [0.3, 0.4) is 0 Å². The summed E-state index contributed by atoms with van der Waals surface area (Å²) >= 11 is 0. The van der Waals surface area contributed by atoms with Gasteiger partial charge in [0.05, 0.1) is 18.7 Å². The second-order valence-electron chi connectivity index (χ2n) is 8.80. The van der Waals surface area contributed by atoms with Crippen LogP contribution in [0, 0.1) is 6.92 Å². The molecule has 0 unspecified atom stereocenters. The number of anilines is 1. The van der Waals surface area contributed by atoms with Crippen molar-refractivity contribution in [2.24, 2.45) is 0 Å². The summed E-state index contributed by atoms with van der Waals surface area (Å²) in [7, 11) is 0. The molecule has 4 nitrogen and oxygen atoms in total. The second-order valence-corrected chi connectivity index (χ2v) is 8.80. The number of fused-ring (bicyclic) bond motifs is 1. The van der Waals surface area contributed by atoms with Gasteiger partial charge in [0.15, 0.2) is 11.4 Å². The van der Waals surface area contributed by atoms with Gasteiger partial charge in [0.2, 0.25) is 0 Å². The van der Waals surface area contributed by atoms with Crippen LogP contribution in [0.5, 0.6) is 0 Å². The number of carbonyl (C=O) groups excluding carboxylic acids is 2. The Kier molecular flexibility index (Phi) is 5.60. The largest absolute Gasteiger partial charge is 0.375 e. The Bertz CT molecular complexity index is 1340. The molecule has 0 aromatic heterocycles. The van der Waals surface area contributed by atoms with E-state index in [1.807, 2.05) is 85.8 Å². The summed E-state index contributed by atoms with van der Waals surface area (Å²) in [5.74, 6) is -0.744. The average Bonchev–Trinajstić information content (AvgIpc) is 3.08. The zero-order valence-electron chi connectivity index (χ0n) is 18.9. The molecule has 1 aliphatic heterocycles. The van der Waals surface area contributed by atoms with Gasteiger partial charge in [-0.2, -0.15) is 0 Å². The molecule has 0 bridgehead atoms. The molecule has 0 aliphatic carbocycles. The van der Waals surface area contributed by atoms with E-state index in [0.717, 1.165) is 22.3 Å². The molecule has 1 amide bonds. The number of aliphatic hydroxyl groups is 1. The fourth-order valence-corrected chi connectivity index (χ4v) is 4.52. The zero-order chi connectivity index (χ0) is 23.7. The van der Waals surface area contributed by atoms with Crippen LogP contribution in [-0.4, -0.2) is 16.8 Å². The number of nitrogens with zero attached hydrogens (tertiary/aromatic N) is 1. The average molecular weight is 448 g/mol. The van der Waals surface area contributed by atoms with Crippen LogP contribution in [0.2, 0.25) is 0 Å². The standard InChI is InChI=1S/C30H25NO3/c1-21-11-13-22(14-12-21)20-31-27-10-6-5-9-26(27)30(34,29(31)33)19-28(32)25-17-15-24(16-18-25)23-7-3-2-4-8-23/h2-18,34H,19-20H2,1H3/t30-/m0/s1. The maximum atomic E-state index is 13.5. The van der Waals surface area contributed by atoms with Crippen molar-refractivity contribution < 1.29 is 14.7 Å². The highest BCUT2D eigenvalue weighted by atomic mass is 16.3. The summed E-state index contributed by atoms with van der Waals surface area (Å²) in [6.07, 6.45) is -0.308. The molecule has 0 saturated heterocycles.